The molecule has 0 saturated heterocycles. The van der Waals surface area contributed by atoms with Crippen molar-refractivity contribution in [2.45, 2.75) is 113 Å². The fourth-order valence-electron chi connectivity index (χ4n) is 10.1. The molecule has 8 unspecified atom stereocenters. The fourth-order valence-corrected chi connectivity index (χ4v) is 10.1. The van der Waals surface area contributed by atoms with Gasteiger partial charge in [-0.1, -0.05) is 60.1 Å². The number of rotatable bonds is 2. The van der Waals surface area contributed by atoms with Crippen molar-refractivity contribution in [2.24, 2.45) is 50.2 Å². The molecule has 5 aliphatic rings. The van der Waals surface area contributed by atoms with Gasteiger partial charge in [0.15, 0.2) is 11.6 Å². The lowest BCUT2D eigenvalue weighted by Gasteiger charge is -2.69. The maximum atomic E-state index is 14.4. The van der Waals surface area contributed by atoms with E-state index in [1.165, 1.54) is 5.57 Å². The summed E-state index contributed by atoms with van der Waals surface area (Å²) in [7, 11) is 0. The molecule has 0 radical (unpaired) electrons. The van der Waals surface area contributed by atoms with Gasteiger partial charge in [0.05, 0.1) is 0 Å². The molecule has 8 atom stereocenters. The summed E-state index contributed by atoms with van der Waals surface area (Å²) in [5.41, 5.74) is -0.0423. The molecule has 3 saturated carbocycles. The van der Waals surface area contributed by atoms with E-state index >= 15 is 0 Å². The van der Waals surface area contributed by atoms with E-state index in [-0.39, 0.29) is 62.9 Å². The lowest BCUT2D eigenvalue weighted by atomic mass is 9.34. The molecule has 5 rings (SSSR count). The topological polar surface area (TPSA) is 63.2 Å². The lowest BCUT2D eigenvalue weighted by Crippen LogP contribution is -2.64. The summed E-state index contributed by atoms with van der Waals surface area (Å²) in [4.78, 5) is 40.6. The molecular formula is C33H49NO3. The van der Waals surface area contributed by atoms with Crippen molar-refractivity contribution >= 4 is 17.5 Å². The number of ketones is 2. The number of nitrogens with one attached hydrogen (secondary N) is 1. The van der Waals surface area contributed by atoms with Gasteiger partial charge in [0.25, 0.3) is 0 Å². The zero-order chi connectivity index (χ0) is 27.4. The Labute approximate surface area is 224 Å². The van der Waals surface area contributed by atoms with Crippen LogP contribution in [0.2, 0.25) is 0 Å². The van der Waals surface area contributed by atoms with Crippen LogP contribution < -0.4 is 5.32 Å². The van der Waals surface area contributed by atoms with Gasteiger partial charge >= 0.3 is 0 Å². The second kappa shape index (κ2) is 7.92. The molecule has 0 aliphatic heterocycles. The maximum Gasteiger partial charge on any atom is 0.226 e. The molecular weight excluding hydrogens is 458 g/mol. The second-order valence-corrected chi connectivity index (χ2v) is 15.6. The van der Waals surface area contributed by atoms with Crippen LogP contribution >= 0.6 is 0 Å². The Kier molecular flexibility index (Phi) is 5.75. The van der Waals surface area contributed by atoms with E-state index < -0.39 is 10.8 Å². The molecule has 204 valence electrons. The first-order chi connectivity index (χ1) is 16.9. The van der Waals surface area contributed by atoms with E-state index in [1.807, 2.05) is 19.9 Å². The second-order valence-electron chi connectivity index (χ2n) is 15.6. The van der Waals surface area contributed by atoms with Crippen molar-refractivity contribution in [3.8, 4) is 0 Å². The van der Waals surface area contributed by atoms with Gasteiger partial charge in [0.2, 0.25) is 5.91 Å². The average Bonchev–Trinajstić information content (AvgIpc) is 2.79. The van der Waals surface area contributed by atoms with Crippen molar-refractivity contribution in [3.63, 3.8) is 0 Å². The molecule has 3 fully saturated rings. The van der Waals surface area contributed by atoms with Gasteiger partial charge in [-0.3, -0.25) is 14.4 Å². The van der Waals surface area contributed by atoms with Gasteiger partial charge in [0, 0.05) is 28.2 Å². The average molecular weight is 508 g/mol. The third-order valence-corrected chi connectivity index (χ3v) is 12.9. The molecule has 5 aliphatic carbocycles. The monoisotopic (exact) mass is 507 g/mol. The van der Waals surface area contributed by atoms with Gasteiger partial charge < -0.3 is 5.32 Å². The SMILES string of the molecule is CC(C)NC(=O)C1(C)CCC2(C)CCC3(C)C(C(=O)C=C4C5(C)C=CC(=O)C(C)(C)C5CCC43C)C2C1. The highest BCUT2D eigenvalue weighted by molar-refractivity contribution is 5.98. The fraction of sp³-hybridized carbons (Fsp3) is 0.788. The van der Waals surface area contributed by atoms with E-state index in [4.69, 9.17) is 0 Å². The summed E-state index contributed by atoms with van der Waals surface area (Å²) in [5, 5.41) is 3.18. The minimum Gasteiger partial charge on any atom is -0.353 e. The predicted molar refractivity (Wildman–Crippen MR) is 148 cm³/mol. The Morgan fingerprint density at radius 3 is 2.24 bits per heavy atom. The van der Waals surface area contributed by atoms with Crippen LogP contribution in [0, 0.1) is 50.2 Å². The van der Waals surface area contributed by atoms with Crippen molar-refractivity contribution in [3.05, 3.63) is 23.8 Å². The molecule has 1 amide bonds. The third kappa shape index (κ3) is 3.42. The zero-order valence-electron chi connectivity index (χ0n) is 24.7. The highest BCUT2D eigenvalue weighted by atomic mass is 16.2. The van der Waals surface area contributed by atoms with E-state index in [0.717, 1.165) is 44.9 Å². The molecule has 37 heavy (non-hydrogen) atoms. The van der Waals surface area contributed by atoms with Crippen molar-refractivity contribution in [2.75, 3.05) is 0 Å². The highest BCUT2D eigenvalue weighted by Crippen LogP contribution is 2.74. The van der Waals surface area contributed by atoms with Crippen molar-refractivity contribution in [1.29, 1.82) is 0 Å². The summed E-state index contributed by atoms with van der Waals surface area (Å²) in [6, 6.07) is 0.116. The van der Waals surface area contributed by atoms with Crippen LogP contribution in [0.4, 0.5) is 0 Å². The Morgan fingerprint density at radius 1 is 0.946 bits per heavy atom. The Morgan fingerprint density at radius 2 is 1.59 bits per heavy atom. The zero-order valence-corrected chi connectivity index (χ0v) is 24.7. The van der Waals surface area contributed by atoms with Gasteiger partial charge in [0.1, 0.15) is 0 Å². The Balaban J connectivity index is 1.60. The van der Waals surface area contributed by atoms with E-state index in [9.17, 15) is 14.4 Å². The van der Waals surface area contributed by atoms with Gasteiger partial charge in [-0.05, 0) is 99.0 Å². The summed E-state index contributed by atoms with van der Waals surface area (Å²) >= 11 is 0. The molecule has 4 heteroatoms. The first kappa shape index (κ1) is 26.9. The number of carbonyl (C=O) groups is 3. The van der Waals surface area contributed by atoms with Gasteiger partial charge in [-0.25, -0.2) is 0 Å². The number of hydrogen-bond acceptors (Lipinski definition) is 3. The summed E-state index contributed by atoms with van der Waals surface area (Å²) in [6.07, 6.45) is 12.8. The van der Waals surface area contributed by atoms with Crippen molar-refractivity contribution < 1.29 is 14.4 Å². The maximum absolute atomic E-state index is 14.4. The van der Waals surface area contributed by atoms with E-state index in [0.29, 0.717) is 0 Å². The molecule has 0 bridgehead atoms. The minimum absolute atomic E-state index is 0.0613. The van der Waals surface area contributed by atoms with Crippen LogP contribution in [0.25, 0.3) is 0 Å². The number of fused-ring (bicyclic) bond motifs is 7. The number of allylic oxidation sites excluding steroid dienone is 4. The molecule has 0 aromatic heterocycles. The first-order valence-corrected chi connectivity index (χ1v) is 14.8. The summed E-state index contributed by atoms with van der Waals surface area (Å²) < 4.78 is 0. The molecule has 0 aromatic rings. The summed E-state index contributed by atoms with van der Waals surface area (Å²) in [5.74, 6) is 0.972. The molecule has 4 nitrogen and oxygen atoms in total. The Bertz CT molecular complexity index is 1110. The third-order valence-electron chi connectivity index (χ3n) is 12.9. The standard InChI is InChI=1S/C33H49NO3/c1-20(2)34-27(37)30(6)15-14-29(5)16-17-33(9)26(21(29)19-30)22(35)18-24-31(7)12-11-25(36)28(3,4)23(31)10-13-32(24,33)8/h11-12,18,20-21,23,26H,10,13-17,19H2,1-9H3,(H,34,37). The van der Waals surface area contributed by atoms with Crippen LogP contribution in [-0.2, 0) is 14.4 Å². The normalized spacial score (nSPS) is 48.4. The summed E-state index contributed by atoms with van der Waals surface area (Å²) in [6.45, 7) is 19.9. The molecule has 0 spiro atoms. The van der Waals surface area contributed by atoms with Gasteiger partial charge in [-0.2, -0.15) is 0 Å². The van der Waals surface area contributed by atoms with Crippen LogP contribution in [-0.4, -0.2) is 23.5 Å². The van der Waals surface area contributed by atoms with Gasteiger partial charge in [-0.15, -0.1) is 0 Å². The van der Waals surface area contributed by atoms with Crippen LogP contribution in [0.15, 0.2) is 23.8 Å². The van der Waals surface area contributed by atoms with E-state index in [1.54, 1.807) is 6.08 Å². The lowest BCUT2D eigenvalue weighted by molar-refractivity contribution is -0.172. The first-order valence-electron chi connectivity index (χ1n) is 14.8. The van der Waals surface area contributed by atoms with Crippen LogP contribution in [0.3, 0.4) is 0 Å². The molecule has 0 aromatic carbocycles. The Hall–Kier alpha value is -1.71. The predicted octanol–water partition coefficient (Wildman–Crippen LogP) is 6.84. The molecule has 0 heterocycles. The number of amides is 1. The van der Waals surface area contributed by atoms with Crippen LogP contribution in [0.1, 0.15) is 107 Å². The highest BCUT2D eigenvalue weighted by Gasteiger charge is 2.69. The van der Waals surface area contributed by atoms with Crippen LogP contribution in [0.5, 0.6) is 0 Å². The van der Waals surface area contributed by atoms with Crippen molar-refractivity contribution in [1.82, 2.24) is 5.32 Å². The largest absolute Gasteiger partial charge is 0.353 e. The number of hydrogen-bond donors (Lipinski definition) is 1. The quantitative estimate of drug-likeness (QED) is 0.445. The smallest absolute Gasteiger partial charge is 0.226 e. The molecule has 1 N–H and O–H groups in total. The minimum atomic E-state index is -0.433. The van der Waals surface area contributed by atoms with E-state index in [2.05, 4.69) is 59.9 Å². The number of carbonyl (C=O) groups excluding carboxylic acids is 3.